The van der Waals surface area contributed by atoms with Crippen LogP contribution in [0.2, 0.25) is 0 Å². The Morgan fingerprint density at radius 2 is 0.959 bits per heavy atom. The van der Waals surface area contributed by atoms with Crippen LogP contribution in [0.5, 0.6) is 0 Å². The molecule has 4 N–H and O–H groups in total. The van der Waals surface area contributed by atoms with Crippen molar-refractivity contribution in [1.29, 1.82) is 0 Å². The largest absolute Gasteiger partial charge is 0.480 e. The maximum Gasteiger partial charge on any atom is 0.326 e. The van der Waals surface area contributed by atoms with Crippen LogP contribution >= 0.6 is 0 Å². The SMILES string of the molecule is COC(=O)CCC(CO)NC(=O)c1ccc(-c2ccccc2)cc1.COC(=O)CCC(NC(=O)c1ccc(-c2ccccc2)cc1)C(=O)O. The van der Waals surface area contributed by atoms with Gasteiger partial charge in [0.25, 0.3) is 11.8 Å². The molecule has 0 spiro atoms. The van der Waals surface area contributed by atoms with Gasteiger partial charge in [-0.3, -0.25) is 19.2 Å². The third-order valence-electron chi connectivity index (χ3n) is 7.46. The van der Waals surface area contributed by atoms with Crippen LogP contribution in [0.4, 0.5) is 0 Å². The lowest BCUT2D eigenvalue weighted by Crippen LogP contribution is -2.41. The van der Waals surface area contributed by atoms with Gasteiger partial charge in [0, 0.05) is 24.0 Å². The lowest BCUT2D eigenvalue weighted by atomic mass is 10.0. The number of aliphatic carboxylic acids is 1. The first-order valence-corrected chi connectivity index (χ1v) is 15.5. The molecule has 0 saturated heterocycles. The van der Waals surface area contributed by atoms with E-state index in [4.69, 9.17) is 0 Å². The Morgan fingerprint density at radius 1 is 0.571 bits per heavy atom. The minimum Gasteiger partial charge on any atom is -0.480 e. The molecule has 11 nitrogen and oxygen atoms in total. The molecule has 4 aromatic carbocycles. The molecule has 4 aromatic rings. The Hall–Kier alpha value is -5.81. The molecule has 0 aromatic heterocycles. The number of carbonyl (C=O) groups excluding carboxylic acids is 4. The van der Waals surface area contributed by atoms with Gasteiger partial charge in [0.1, 0.15) is 6.04 Å². The van der Waals surface area contributed by atoms with Crippen molar-refractivity contribution in [2.45, 2.75) is 37.8 Å². The van der Waals surface area contributed by atoms with Gasteiger partial charge in [0.05, 0.1) is 26.9 Å². The van der Waals surface area contributed by atoms with E-state index in [9.17, 15) is 34.2 Å². The third-order valence-corrected chi connectivity index (χ3v) is 7.46. The topological polar surface area (TPSA) is 168 Å². The molecule has 2 unspecified atom stereocenters. The minimum absolute atomic E-state index is 0.0319. The van der Waals surface area contributed by atoms with E-state index in [1.54, 1.807) is 36.4 Å². The van der Waals surface area contributed by atoms with Crippen molar-refractivity contribution in [3.05, 3.63) is 120 Å². The second kappa shape index (κ2) is 19.8. The summed E-state index contributed by atoms with van der Waals surface area (Å²) in [4.78, 5) is 58.0. The Labute approximate surface area is 284 Å². The van der Waals surface area contributed by atoms with Crippen molar-refractivity contribution in [3.63, 3.8) is 0 Å². The Bertz CT molecular complexity index is 1660. The molecule has 2 amide bonds. The quantitative estimate of drug-likeness (QED) is 0.137. The molecule has 0 radical (unpaired) electrons. The van der Waals surface area contributed by atoms with Gasteiger partial charge in [-0.25, -0.2) is 4.79 Å². The average molecular weight is 669 g/mol. The minimum atomic E-state index is -1.20. The van der Waals surface area contributed by atoms with Crippen molar-refractivity contribution in [2.75, 3.05) is 20.8 Å². The number of carboxylic acid groups (broad SMARTS) is 1. The molecule has 11 heteroatoms. The average Bonchev–Trinajstić information content (AvgIpc) is 3.15. The van der Waals surface area contributed by atoms with Gasteiger partial charge in [0.15, 0.2) is 0 Å². The van der Waals surface area contributed by atoms with E-state index in [2.05, 4.69) is 20.1 Å². The summed E-state index contributed by atoms with van der Waals surface area (Å²) in [5.41, 5.74) is 4.94. The second-order valence-electron chi connectivity index (χ2n) is 10.8. The highest BCUT2D eigenvalue weighted by Crippen LogP contribution is 2.20. The van der Waals surface area contributed by atoms with E-state index < -0.39 is 29.9 Å². The molecule has 0 saturated carbocycles. The fraction of sp³-hybridized carbons (Fsp3) is 0.237. The molecule has 49 heavy (non-hydrogen) atoms. The molecule has 0 heterocycles. The number of aliphatic hydroxyl groups is 1. The maximum absolute atomic E-state index is 12.2. The molecule has 0 fully saturated rings. The van der Waals surface area contributed by atoms with Crippen LogP contribution in [0.15, 0.2) is 109 Å². The van der Waals surface area contributed by atoms with Gasteiger partial charge in [-0.2, -0.15) is 0 Å². The first-order valence-electron chi connectivity index (χ1n) is 15.5. The van der Waals surface area contributed by atoms with Crippen LogP contribution in [0, 0.1) is 0 Å². The zero-order valence-corrected chi connectivity index (χ0v) is 27.3. The zero-order valence-electron chi connectivity index (χ0n) is 27.3. The van der Waals surface area contributed by atoms with Gasteiger partial charge < -0.3 is 30.3 Å². The Morgan fingerprint density at radius 3 is 1.35 bits per heavy atom. The normalized spacial score (nSPS) is 11.5. The number of carbonyl (C=O) groups is 5. The summed E-state index contributed by atoms with van der Waals surface area (Å²) in [6.07, 6.45) is 0.364. The molecule has 0 aliphatic heterocycles. The summed E-state index contributed by atoms with van der Waals surface area (Å²) in [7, 11) is 2.54. The molecule has 0 aliphatic rings. The number of carboxylic acids is 1. The Balaban J connectivity index is 0.000000266. The van der Waals surface area contributed by atoms with Crippen molar-refractivity contribution < 1.29 is 43.7 Å². The number of ether oxygens (including phenoxy) is 2. The number of hydrogen-bond donors (Lipinski definition) is 4. The summed E-state index contributed by atoms with van der Waals surface area (Å²) < 4.78 is 9.04. The fourth-order valence-corrected chi connectivity index (χ4v) is 4.62. The number of aliphatic hydroxyl groups excluding tert-OH is 1. The molecule has 2 atom stereocenters. The highest BCUT2D eigenvalue weighted by atomic mass is 16.5. The lowest BCUT2D eigenvalue weighted by Gasteiger charge is -2.15. The Kier molecular flexibility index (Phi) is 15.2. The van der Waals surface area contributed by atoms with Crippen LogP contribution in [-0.2, 0) is 23.9 Å². The molecule has 256 valence electrons. The highest BCUT2D eigenvalue weighted by Gasteiger charge is 2.22. The van der Waals surface area contributed by atoms with Gasteiger partial charge in [-0.05, 0) is 59.4 Å². The van der Waals surface area contributed by atoms with Crippen molar-refractivity contribution in [3.8, 4) is 22.3 Å². The molecule has 4 rings (SSSR count). The number of nitrogens with one attached hydrogen (secondary N) is 2. The van der Waals surface area contributed by atoms with E-state index in [1.165, 1.54) is 14.2 Å². The molecular formula is C38H40N2O9. The number of esters is 2. The van der Waals surface area contributed by atoms with E-state index in [0.717, 1.165) is 22.3 Å². The van der Waals surface area contributed by atoms with Crippen LogP contribution in [0.3, 0.4) is 0 Å². The van der Waals surface area contributed by atoms with E-state index in [0.29, 0.717) is 17.5 Å². The summed E-state index contributed by atoms with van der Waals surface area (Å²) >= 11 is 0. The fourth-order valence-electron chi connectivity index (χ4n) is 4.62. The summed E-state index contributed by atoms with van der Waals surface area (Å²) in [6, 6.07) is 32.1. The monoisotopic (exact) mass is 668 g/mol. The zero-order chi connectivity index (χ0) is 35.6. The van der Waals surface area contributed by atoms with Crippen molar-refractivity contribution in [2.24, 2.45) is 0 Å². The van der Waals surface area contributed by atoms with Gasteiger partial charge >= 0.3 is 17.9 Å². The maximum atomic E-state index is 12.2. The van der Waals surface area contributed by atoms with Gasteiger partial charge in [0.2, 0.25) is 0 Å². The van der Waals surface area contributed by atoms with E-state index in [-0.39, 0.29) is 37.7 Å². The van der Waals surface area contributed by atoms with E-state index in [1.807, 2.05) is 72.8 Å². The summed E-state index contributed by atoms with van der Waals surface area (Å²) in [5.74, 6) is -2.86. The van der Waals surface area contributed by atoms with Crippen LogP contribution < -0.4 is 10.6 Å². The second-order valence-corrected chi connectivity index (χ2v) is 10.8. The van der Waals surface area contributed by atoms with Gasteiger partial charge in [-0.15, -0.1) is 0 Å². The lowest BCUT2D eigenvalue weighted by molar-refractivity contribution is -0.143. The van der Waals surface area contributed by atoms with Gasteiger partial charge in [-0.1, -0.05) is 84.9 Å². The van der Waals surface area contributed by atoms with Crippen molar-refractivity contribution >= 4 is 29.7 Å². The molecular weight excluding hydrogens is 628 g/mol. The smallest absolute Gasteiger partial charge is 0.326 e. The van der Waals surface area contributed by atoms with Crippen molar-refractivity contribution in [1.82, 2.24) is 10.6 Å². The van der Waals surface area contributed by atoms with Crippen LogP contribution in [-0.4, -0.2) is 72.8 Å². The number of hydrogen-bond acceptors (Lipinski definition) is 8. The predicted octanol–water partition coefficient (Wildman–Crippen LogP) is 4.89. The standard InChI is InChI=1S/C19H19NO5.C19H21NO4/c1-25-17(21)12-11-16(19(23)24)20-18(22)15-9-7-14(8-10-15)13-5-3-2-4-6-13;1-24-18(22)12-11-17(13-21)20-19(23)16-9-7-15(8-10-16)14-5-3-2-4-6-14/h2-10,16H,11-12H2,1H3,(H,20,22)(H,23,24);2-10,17,21H,11-13H2,1H3,(H,20,23). The predicted molar refractivity (Wildman–Crippen MR) is 183 cm³/mol. The molecule has 0 aliphatic carbocycles. The van der Waals surface area contributed by atoms with Crippen LogP contribution in [0.25, 0.3) is 22.3 Å². The molecule has 0 bridgehead atoms. The third kappa shape index (κ3) is 12.4. The number of rotatable bonds is 14. The first-order chi connectivity index (χ1) is 23.6. The summed E-state index contributed by atoms with van der Waals surface area (Å²) in [5, 5.41) is 23.7. The number of methoxy groups -OCH3 is 2. The van der Waals surface area contributed by atoms with E-state index >= 15 is 0 Å². The number of benzene rings is 4. The van der Waals surface area contributed by atoms with Crippen LogP contribution in [0.1, 0.15) is 46.4 Å². The highest BCUT2D eigenvalue weighted by molar-refractivity contribution is 5.97. The number of amides is 2. The first kappa shape index (κ1) is 37.6. The summed E-state index contributed by atoms with van der Waals surface area (Å²) in [6.45, 7) is -0.231.